The van der Waals surface area contributed by atoms with E-state index in [-0.39, 0.29) is 0 Å². The van der Waals surface area contributed by atoms with Gasteiger partial charge >= 0.3 is 0 Å². The zero-order valence-electron chi connectivity index (χ0n) is 11.9. The summed E-state index contributed by atoms with van der Waals surface area (Å²) in [6.07, 6.45) is 1.24. The highest BCUT2D eigenvalue weighted by Crippen LogP contribution is 2.19. The fraction of sp³-hybridized carbons (Fsp3) is 0.333. The molecule has 0 bridgehead atoms. The van der Waals surface area contributed by atoms with E-state index in [1.807, 2.05) is 0 Å². The van der Waals surface area contributed by atoms with Crippen molar-refractivity contribution in [2.24, 2.45) is 5.92 Å². The molecular weight excluding hydrogens is 230 g/mol. The van der Waals surface area contributed by atoms with Crippen molar-refractivity contribution in [2.75, 3.05) is 6.54 Å². The molecule has 0 spiro atoms. The van der Waals surface area contributed by atoms with Crippen LogP contribution in [0.3, 0.4) is 0 Å². The normalized spacial score (nSPS) is 10.9. The number of benzene rings is 2. The van der Waals surface area contributed by atoms with Crippen LogP contribution in [0.4, 0.5) is 0 Å². The maximum Gasteiger partial charge on any atom is 0.0205 e. The lowest BCUT2D eigenvalue weighted by atomic mass is 10.0. The first-order valence-corrected chi connectivity index (χ1v) is 7.11. The molecule has 19 heavy (non-hydrogen) atoms. The van der Waals surface area contributed by atoms with Gasteiger partial charge in [0.25, 0.3) is 0 Å². The maximum atomic E-state index is 3.49. The predicted molar refractivity (Wildman–Crippen MR) is 83.0 cm³/mol. The van der Waals surface area contributed by atoms with Crippen LogP contribution in [-0.2, 0) is 6.54 Å². The molecule has 0 atom stereocenters. The van der Waals surface area contributed by atoms with Crippen LogP contribution in [0.15, 0.2) is 54.6 Å². The third kappa shape index (κ3) is 4.53. The second-order valence-electron chi connectivity index (χ2n) is 5.42. The lowest BCUT2D eigenvalue weighted by molar-refractivity contribution is 0.537. The molecule has 0 saturated carbocycles. The molecular formula is C18H23N. The lowest BCUT2D eigenvalue weighted by Crippen LogP contribution is -2.16. The summed E-state index contributed by atoms with van der Waals surface area (Å²) < 4.78 is 0. The largest absolute Gasteiger partial charge is 0.313 e. The van der Waals surface area contributed by atoms with Crippen molar-refractivity contribution in [3.8, 4) is 11.1 Å². The summed E-state index contributed by atoms with van der Waals surface area (Å²) in [6, 6.07) is 19.3. The molecule has 1 N–H and O–H groups in total. The van der Waals surface area contributed by atoms with Crippen molar-refractivity contribution in [3.05, 3.63) is 60.2 Å². The first-order chi connectivity index (χ1) is 9.25. The second kappa shape index (κ2) is 7.10. The van der Waals surface area contributed by atoms with Gasteiger partial charge in [0.15, 0.2) is 0 Å². The Morgan fingerprint density at radius 1 is 0.842 bits per heavy atom. The zero-order valence-corrected chi connectivity index (χ0v) is 11.9. The van der Waals surface area contributed by atoms with Crippen molar-refractivity contribution in [1.29, 1.82) is 0 Å². The van der Waals surface area contributed by atoms with E-state index in [9.17, 15) is 0 Å². The summed E-state index contributed by atoms with van der Waals surface area (Å²) in [7, 11) is 0. The van der Waals surface area contributed by atoms with Gasteiger partial charge in [0.05, 0.1) is 0 Å². The van der Waals surface area contributed by atoms with E-state index < -0.39 is 0 Å². The molecule has 0 amide bonds. The molecule has 1 nitrogen and oxygen atoms in total. The minimum absolute atomic E-state index is 0.771. The van der Waals surface area contributed by atoms with Gasteiger partial charge in [-0.2, -0.15) is 0 Å². The Bertz CT molecular complexity index is 471. The van der Waals surface area contributed by atoms with Gasteiger partial charge in [0.1, 0.15) is 0 Å². The van der Waals surface area contributed by atoms with Crippen molar-refractivity contribution >= 4 is 0 Å². The molecule has 2 aromatic rings. The molecule has 0 unspecified atom stereocenters. The Hall–Kier alpha value is -1.60. The van der Waals surface area contributed by atoms with Gasteiger partial charge in [0, 0.05) is 6.54 Å². The SMILES string of the molecule is CC(C)CCNCc1ccc(-c2ccccc2)cc1. The monoisotopic (exact) mass is 253 g/mol. The highest BCUT2D eigenvalue weighted by Gasteiger charge is 1.98. The average Bonchev–Trinajstić information content (AvgIpc) is 2.45. The van der Waals surface area contributed by atoms with Crippen LogP contribution < -0.4 is 5.32 Å². The maximum absolute atomic E-state index is 3.49. The Balaban J connectivity index is 1.88. The van der Waals surface area contributed by atoms with Crippen molar-refractivity contribution in [1.82, 2.24) is 5.32 Å². The van der Waals surface area contributed by atoms with Gasteiger partial charge in [-0.05, 0) is 35.6 Å². The minimum atomic E-state index is 0.771. The summed E-state index contributed by atoms with van der Waals surface area (Å²) in [4.78, 5) is 0. The predicted octanol–water partition coefficient (Wildman–Crippen LogP) is 4.49. The van der Waals surface area contributed by atoms with Crippen molar-refractivity contribution in [2.45, 2.75) is 26.8 Å². The number of hydrogen-bond donors (Lipinski definition) is 1. The minimum Gasteiger partial charge on any atom is -0.313 e. The molecule has 2 aromatic carbocycles. The molecule has 100 valence electrons. The molecule has 0 heterocycles. The first-order valence-electron chi connectivity index (χ1n) is 7.11. The van der Waals surface area contributed by atoms with Gasteiger partial charge in [-0.25, -0.2) is 0 Å². The zero-order chi connectivity index (χ0) is 13.5. The molecule has 0 aliphatic rings. The summed E-state index contributed by atoms with van der Waals surface area (Å²) in [6.45, 7) is 6.58. The molecule has 0 aliphatic heterocycles. The Morgan fingerprint density at radius 3 is 2.11 bits per heavy atom. The lowest BCUT2D eigenvalue weighted by Gasteiger charge is -2.08. The van der Waals surface area contributed by atoms with Gasteiger partial charge < -0.3 is 5.32 Å². The van der Waals surface area contributed by atoms with Gasteiger partial charge in [-0.1, -0.05) is 68.4 Å². The van der Waals surface area contributed by atoms with E-state index in [4.69, 9.17) is 0 Å². The highest BCUT2D eigenvalue weighted by molar-refractivity contribution is 5.63. The summed E-state index contributed by atoms with van der Waals surface area (Å²) >= 11 is 0. The van der Waals surface area contributed by atoms with E-state index in [2.05, 4.69) is 73.8 Å². The van der Waals surface area contributed by atoms with E-state index >= 15 is 0 Å². The molecule has 0 fully saturated rings. The van der Waals surface area contributed by atoms with Crippen molar-refractivity contribution < 1.29 is 0 Å². The average molecular weight is 253 g/mol. The van der Waals surface area contributed by atoms with E-state index in [1.165, 1.54) is 23.1 Å². The number of hydrogen-bond acceptors (Lipinski definition) is 1. The molecule has 0 saturated heterocycles. The molecule has 0 radical (unpaired) electrons. The fourth-order valence-electron chi connectivity index (χ4n) is 2.07. The fourth-order valence-corrected chi connectivity index (χ4v) is 2.07. The summed E-state index contributed by atoms with van der Waals surface area (Å²) in [5.41, 5.74) is 3.91. The van der Waals surface area contributed by atoms with E-state index in [0.29, 0.717) is 0 Å². The van der Waals surface area contributed by atoms with Crippen LogP contribution in [0, 0.1) is 5.92 Å². The van der Waals surface area contributed by atoms with Crippen LogP contribution in [0.2, 0.25) is 0 Å². The highest BCUT2D eigenvalue weighted by atomic mass is 14.8. The summed E-state index contributed by atoms with van der Waals surface area (Å²) in [5.74, 6) is 0.771. The Labute approximate surface area is 116 Å². The van der Waals surface area contributed by atoms with Crippen LogP contribution in [0.1, 0.15) is 25.8 Å². The second-order valence-corrected chi connectivity index (χ2v) is 5.42. The molecule has 0 aliphatic carbocycles. The Kier molecular flexibility index (Phi) is 5.17. The number of nitrogens with one attached hydrogen (secondary N) is 1. The summed E-state index contributed by atoms with van der Waals surface area (Å²) in [5, 5.41) is 3.49. The Morgan fingerprint density at radius 2 is 1.47 bits per heavy atom. The standard InChI is InChI=1S/C18H23N/c1-15(2)12-13-19-14-16-8-10-18(11-9-16)17-6-4-3-5-7-17/h3-11,15,19H,12-14H2,1-2H3. The quantitative estimate of drug-likeness (QED) is 0.748. The van der Waals surface area contributed by atoms with Gasteiger partial charge in [0.2, 0.25) is 0 Å². The molecule has 0 aromatic heterocycles. The van der Waals surface area contributed by atoms with Gasteiger partial charge in [-0.3, -0.25) is 0 Å². The molecule has 2 rings (SSSR count). The van der Waals surface area contributed by atoms with E-state index in [1.54, 1.807) is 0 Å². The van der Waals surface area contributed by atoms with Crippen LogP contribution in [0.25, 0.3) is 11.1 Å². The smallest absolute Gasteiger partial charge is 0.0205 e. The van der Waals surface area contributed by atoms with E-state index in [0.717, 1.165) is 19.0 Å². The van der Waals surface area contributed by atoms with Gasteiger partial charge in [-0.15, -0.1) is 0 Å². The first kappa shape index (κ1) is 13.8. The van der Waals surface area contributed by atoms with Crippen molar-refractivity contribution in [3.63, 3.8) is 0 Å². The number of rotatable bonds is 6. The molecule has 1 heteroatoms. The topological polar surface area (TPSA) is 12.0 Å². The third-order valence-corrected chi connectivity index (χ3v) is 3.29. The third-order valence-electron chi connectivity index (χ3n) is 3.29. The van der Waals surface area contributed by atoms with Crippen LogP contribution in [-0.4, -0.2) is 6.54 Å². The van der Waals surface area contributed by atoms with Crippen LogP contribution >= 0.6 is 0 Å². The van der Waals surface area contributed by atoms with Crippen LogP contribution in [0.5, 0.6) is 0 Å².